The van der Waals surface area contributed by atoms with Gasteiger partial charge < -0.3 is 9.13 Å². The highest BCUT2D eigenvalue weighted by atomic mass is 32.2. The van der Waals surface area contributed by atoms with Gasteiger partial charge in [0.15, 0.2) is 11.0 Å². The largest absolute Gasteiger partial charge is 0.416 e. The molecule has 7 rings (SSSR count). The fourth-order valence-electron chi connectivity index (χ4n) is 5.85. The molecular weight excluding hydrogens is 602 g/mol. The van der Waals surface area contributed by atoms with Gasteiger partial charge in [0, 0.05) is 22.9 Å². The van der Waals surface area contributed by atoms with E-state index >= 15 is 0 Å². The smallest absolute Gasteiger partial charge is 0.316 e. The number of aromatic nitrogens is 5. The standard InChI is InChI=1S/C34H29F4N5OS/c35-27-16-6-22(7-17-27)20-45-33-39-32(44)28-2-1-3-29(28)42(33)19-30-40-41-31(25-10-11-25)43(30)18-21-4-8-23(9-5-21)24-12-14-26(15-13-24)34(36,37)38/h4-9,12-17,25H,1-3,10-11,18-20H2. The first kappa shape index (κ1) is 29.5. The first-order valence-electron chi connectivity index (χ1n) is 14.9. The second kappa shape index (κ2) is 11.9. The highest BCUT2D eigenvalue weighted by Gasteiger charge is 2.32. The summed E-state index contributed by atoms with van der Waals surface area (Å²) in [6.07, 6.45) is 0.119. The zero-order valence-electron chi connectivity index (χ0n) is 24.2. The Hall–Kier alpha value is -4.25. The number of benzene rings is 3. The van der Waals surface area contributed by atoms with E-state index in [1.807, 2.05) is 24.3 Å². The fourth-order valence-corrected chi connectivity index (χ4v) is 6.81. The van der Waals surface area contributed by atoms with Gasteiger partial charge in [0.25, 0.3) is 5.56 Å². The molecule has 0 aliphatic heterocycles. The van der Waals surface area contributed by atoms with Crippen LogP contribution in [0.5, 0.6) is 0 Å². The minimum atomic E-state index is -4.37. The minimum Gasteiger partial charge on any atom is -0.316 e. The highest BCUT2D eigenvalue weighted by molar-refractivity contribution is 7.98. The number of hydrogen-bond acceptors (Lipinski definition) is 5. The van der Waals surface area contributed by atoms with Gasteiger partial charge in [-0.15, -0.1) is 10.2 Å². The van der Waals surface area contributed by atoms with Gasteiger partial charge in [-0.3, -0.25) is 4.79 Å². The van der Waals surface area contributed by atoms with Crippen molar-refractivity contribution in [2.24, 2.45) is 0 Å². The monoisotopic (exact) mass is 631 g/mol. The van der Waals surface area contributed by atoms with Crippen LogP contribution in [-0.4, -0.2) is 24.3 Å². The van der Waals surface area contributed by atoms with Crippen LogP contribution in [0.4, 0.5) is 17.6 Å². The number of fused-ring (bicyclic) bond motifs is 1. The molecule has 6 nitrogen and oxygen atoms in total. The molecule has 2 aromatic heterocycles. The predicted molar refractivity (Wildman–Crippen MR) is 164 cm³/mol. The SMILES string of the molecule is O=c1nc(SCc2ccc(F)cc2)n(Cc2nnc(C3CC3)n2Cc2ccc(-c3ccc(C(F)(F)F)cc3)cc2)c2c1CCC2. The molecule has 0 bridgehead atoms. The van der Waals surface area contributed by atoms with Crippen molar-refractivity contribution in [3.63, 3.8) is 0 Å². The third-order valence-electron chi connectivity index (χ3n) is 8.42. The van der Waals surface area contributed by atoms with Crippen LogP contribution >= 0.6 is 11.8 Å². The van der Waals surface area contributed by atoms with E-state index < -0.39 is 11.7 Å². The summed E-state index contributed by atoms with van der Waals surface area (Å²) in [5.74, 6) is 2.30. The van der Waals surface area contributed by atoms with Crippen molar-refractivity contribution in [3.8, 4) is 11.1 Å². The molecule has 2 aliphatic carbocycles. The molecule has 2 aliphatic rings. The normalized spacial score (nSPS) is 14.6. The summed E-state index contributed by atoms with van der Waals surface area (Å²) in [4.78, 5) is 17.4. The van der Waals surface area contributed by atoms with Crippen LogP contribution in [0.15, 0.2) is 82.7 Å². The second-order valence-corrected chi connectivity index (χ2v) is 12.5. The quantitative estimate of drug-likeness (QED) is 0.0963. The molecule has 0 saturated heterocycles. The van der Waals surface area contributed by atoms with E-state index in [1.54, 1.807) is 12.1 Å². The summed E-state index contributed by atoms with van der Waals surface area (Å²) < 4.78 is 56.7. The zero-order valence-corrected chi connectivity index (χ0v) is 25.0. The maximum Gasteiger partial charge on any atom is 0.416 e. The van der Waals surface area contributed by atoms with Gasteiger partial charge in [0.1, 0.15) is 11.6 Å². The summed E-state index contributed by atoms with van der Waals surface area (Å²) in [6.45, 7) is 0.944. The summed E-state index contributed by atoms with van der Waals surface area (Å²) >= 11 is 1.45. The van der Waals surface area contributed by atoms with Gasteiger partial charge in [-0.1, -0.05) is 60.3 Å². The molecular formula is C34H29F4N5OS. The number of halogens is 4. The molecule has 5 aromatic rings. The van der Waals surface area contributed by atoms with Gasteiger partial charge in [0.2, 0.25) is 0 Å². The van der Waals surface area contributed by atoms with E-state index in [-0.39, 0.29) is 11.4 Å². The number of thioether (sulfide) groups is 1. The lowest BCUT2D eigenvalue weighted by Crippen LogP contribution is -2.23. The lowest BCUT2D eigenvalue weighted by atomic mass is 10.0. The Kier molecular flexibility index (Phi) is 7.81. The van der Waals surface area contributed by atoms with Crippen LogP contribution in [0.1, 0.15) is 64.8 Å². The van der Waals surface area contributed by atoms with E-state index in [0.29, 0.717) is 41.9 Å². The Labute approximate surface area is 261 Å². The average Bonchev–Trinajstić information content (AvgIpc) is 3.61. The van der Waals surface area contributed by atoms with Crippen LogP contribution in [0.3, 0.4) is 0 Å². The van der Waals surface area contributed by atoms with Crippen molar-refractivity contribution in [1.82, 2.24) is 24.3 Å². The van der Waals surface area contributed by atoms with Crippen molar-refractivity contribution >= 4 is 11.8 Å². The van der Waals surface area contributed by atoms with Crippen molar-refractivity contribution in [2.45, 2.75) is 68.2 Å². The maximum absolute atomic E-state index is 13.4. The molecule has 0 unspecified atom stereocenters. The molecule has 45 heavy (non-hydrogen) atoms. The van der Waals surface area contributed by atoms with Crippen LogP contribution in [0, 0.1) is 5.82 Å². The van der Waals surface area contributed by atoms with Crippen LogP contribution in [0.2, 0.25) is 0 Å². The molecule has 1 fully saturated rings. The lowest BCUT2D eigenvalue weighted by Gasteiger charge is -2.18. The average molecular weight is 632 g/mol. The topological polar surface area (TPSA) is 65.6 Å². The van der Waals surface area contributed by atoms with Crippen LogP contribution in [0.25, 0.3) is 11.1 Å². The zero-order chi connectivity index (χ0) is 31.1. The Balaban J connectivity index is 1.17. The van der Waals surface area contributed by atoms with Crippen molar-refractivity contribution in [2.75, 3.05) is 0 Å². The van der Waals surface area contributed by atoms with E-state index in [9.17, 15) is 22.4 Å². The highest BCUT2D eigenvalue weighted by Crippen LogP contribution is 2.40. The van der Waals surface area contributed by atoms with E-state index in [1.165, 1.54) is 36.0 Å². The summed E-state index contributed by atoms with van der Waals surface area (Å²) in [5.41, 5.74) is 4.38. The van der Waals surface area contributed by atoms with E-state index in [0.717, 1.165) is 77.4 Å². The van der Waals surface area contributed by atoms with Crippen molar-refractivity contribution in [3.05, 3.63) is 129 Å². The van der Waals surface area contributed by atoms with E-state index in [2.05, 4.69) is 24.3 Å². The van der Waals surface area contributed by atoms with Gasteiger partial charge in [0.05, 0.1) is 18.7 Å². The first-order chi connectivity index (χ1) is 21.7. The van der Waals surface area contributed by atoms with Gasteiger partial charge in [-0.25, -0.2) is 4.39 Å². The third kappa shape index (κ3) is 6.31. The van der Waals surface area contributed by atoms with Crippen molar-refractivity contribution in [1.29, 1.82) is 0 Å². The molecule has 11 heteroatoms. The number of nitrogens with zero attached hydrogens (tertiary/aromatic N) is 5. The maximum atomic E-state index is 13.4. The fraction of sp³-hybridized carbons (Fsp3) is 0.294. The molecule has 2 heterocycles. The Morgan fingerprint density at radius 1 is 0.800 bits per heavy atom. The van der Waals surface area contributed by atoms with Crippen LogP contribution in [-0.2, 0) is 37.9 Å². The molecule has 0 spiro atoms. The Morgan fingerprint density at radius 3 is 2.13 bits per heavy atom. The summed E-state index contributed by atoms with van der Waals surface area (Å²) in [6, 6.07) is 19.3. The molecule has 3 aromatic carbocycles. The molecule has 0 N–H and O–H groups in total. The Morgan fingerprint density at radius 2 is 1.47 bits per heavy atom. The Bertz CT molecular complexity index is 1890. The molecule has 0 amide bonds. The third-order valence-corrected chi connectivity index (χ3v) is 9.47. The molecule has 1 saturated carbocycles. The van der Waals surface area contributed by atoms with Crippen molar-refractivity contribution < 1.29 is 17.6 Å². The van der Waals surface area contributed by atoms with Gasteiger partial charge in [-0.2, -0.15) is 18.2 Å². The molecule has 0 atom stereocenters. The molecule has 230 valence electrons. The van der Waals surface area contributed by atoms with Crippen LogP contribution < -0.4 is 5.56 Å². The van der Waals surface area contributed by atoms with E-state index in [4.69, 9.17) is 0 Å². The molecule has 0 radical (unpaired) electrons. The number of alkyl halides is 3. The summed E-state index contributed by atoms with van der Waals surface area (Å²) in [7, 11) is 0. The van der Waals surface area contributed by atoms with Gasteiger partial charge in [-0.05, 0) is 78.6 Å². The second-order valence-electron chi connectivity index (χ2n) is 11.6. The minimum absolute atomic E-state index is 0.186. The predicted octanol–water partition coefficient (Wildman–Crippen LogP) is 7.41. The first-order valence-corrected chi connectivity index (χ1v) is 15.9. The lowest BCUT2D eigenvalue weighted by molar-refractivity contribution is -0.137. The number of rotatable bonds is 9. The van der Waals surface area contributed by atoms with Gasteiger partial charge >= 0.3 is 6.18 Å². The summed E-state index contributed by atoms with van der Waals surface area (Å²) in [5, 5.41) is 9.82. The number of hydrogen-bond donors (Lipinski definition) is 0.